The summed E-state index contributed by atoms with van der Waals surface area (Å²) in [6.07, 6.45) is 1.94. The summed E-state index contributed by atoms with van der Waals surface area (Å²) >= 11 is 0. The minimum absolute atomic E-state index is 0.133. The molecule has 1 heterocycles. The van der Waals surface area contributed by atoms with Crippen molar-refractivity contribution in [2.45, 2.75) is 32.7 Å². The van der Waals surface area contributed by atoms with Gasteiger partial charge in [0.1, 0.15) is 0 Å². The van der Waals surface area contributed by atoms with E-state index in [2.05, 4.69) is 5.10 Å². The largest absolute Gasteiger partial charge is 0.395 e. The molecule has 0 saturated carbocycles. The zero-order valence-electron chi connectivity index (χ0n) is 7.91. The normalized spacial score (nSPS) is 12.0. The first-order valence-electron chi connectivity index (χ1n) is 4.25. The standard InChI is InChI=1S/C9H16N2O/c1-4-11-6-5-8(10-11)9(2,3)7-12/h5-6,12H,4,7H2,1-3H3. The van der Waals surface area contributed by atoms with Crippen LogP contribution < -0.4 is 0 Å². The molecule has 0 amide bonds. The molecule has 3 nitrogen and oxygen atoms in total. The molecule has 0 unspecified atom stereocenters. The van der Waals surface area contributed by atoms with Crippen molar-refractivity contribution in [1.29, 1.82) is 0 Å². The number of hydrogen-bond donors (Lipinski definition) is 1. The first kappa shape index (κ1) is 9.26. The lowest BCUT2D eigenvalue weighted by atomic mass is 9.91. The van der Waals surface area contributed by atoms with Crippen molar-refractivity contribution in [1.82, 2.24) is 9.78 Å². The van der Waals surface area contributed by atoms with Crippen LogP contribution in [0.15, 0.2) is 12.3 Å². The average molecular weight is 168 g/mol. The van der Waals surface area contributed by atoms with Gasteiger partial charge in [0.25, 0.3) is 0 Å². The van der Waals surface area contributed by atoms with Crippen molar-refractivity contribution in [3.8, 4) is 0 Å². The average Bonchev–Trinajstić information content (AvgIpc) is 2.52. The van der Waals surface area contributed by atoms with E-state index in [0.717, 1.165) is 12.2 Å². The molecule has 1 N–H and O–H groups in total. The fourth-order valence-corrected chi connectivity index (χ4v) is 0.980. The number of aryl methyl sites for hydroxylation is 1. The Bertz CT molecular complexity index is 253. The van der Waals surface area contributed by atoms with Crippen molar-refractivity contribution >= 4 is 0 Å². The number of nitrogens with zero attached hydrogens (tertiary/aromatic N) is 2. The summed E-state index contributed by atoms with van der Waals surface area (Å²) < 4.78 is 1.87. The minimum atomic E-state index is -0.222. The van der Waals surface area contributed by atoms with Crippen LogP contribution >= 0.6 is 0 Å². The molecule has 0 radical (unpaired) electrons. The molecule has 0 atom stereocenters. The first-order valence-corrected chi connectivity index (χ1v) is 4.25. The molecular formula is C9H16N2O. The molecule has 0 aliphatic heterocycles. The second-order valence-electron chi connectivity index (χ2n) is 3.60. The number of rotatable bonds is 3. The van der Waals surface area contributed by atoms with Crippen LogP contribution in [0.5, 0.6) is 0 Å². The van der Waals surface area contributed by atoms with Crippen LogP contribution in [0.3, 0.4) is 0 Å². The highest BCUT2D eigenvalue weighted by Gasteiger charge is 2.21. The van der Waals surface area contributed by atoms with Gasteiger partial charge < -0.3 is 5.11 Å². The zero-order valence-corrected chi connectivity index (χ0v) is 7.91. The van der Waals surface area contributed by atoms with E-state index in [4.69, 9.17) is 5.11 Å². The Hall–Kier alpha value is -0.830. The monoisotopic (exact) mass is 168 g/mol. The van der Waals surface area contributed by atoms with Crippen LogP contribution in [0.2, 0.25) is 0 Å². The summed E-state index contributed by atoms with van der Waals surface area (Å²) in [4.78, 5) is 0. The van der Waals surface area contributed by atoms with Crippen molar-refractivity contribution in [3.63, 3.8) is 0 Å². The lowest BCUT2D eigenvalue weighted by molar-refractivity contribution is 0.214. The molecule has 0 aliphatic rings. The summed E-state index contributed by atoms with van der Waals surface area (Å²) in [5, 5.41) is 13.4. The van der Waals surface area contributed by atoms with Gasteiger partial charge in [-0.25, -0.2) is 0 Å². The lowest BCUT2D eigenvalue weighted by Gasteiger charge is -2.18. The molecule has 12 heavy (non-hydrogen) atoms. The number of aliphatic hydroxyl groups is 1. The molecule has 1 aromatic rings. The van der Waals surface area contributed by atoms with Gasteiger partial charge in [0, 0.05) is 18.2 Å². The van der Waals surface area contributed by atoms with Crippen LogP contribution in [-0.2, 0) is 12.0 Å². The predicted molar refractivity (Wildman–Crippen MR) is 48.0 cm³/mol. The number of aliphatic hydroxyl groups excluding tert-OH is 1. The Balaban J connectivity index is 2.88. The van der Waals surface area contributed by atoms with Crippen LogP contribution in [-0.4, -0.2) is 21.5 Å². The molecule has 0 saturated heterocycles. The summed E-state index contributed by atoms with van der Waals surface area (Å²) in [6, 6.07) is 1.96. The first-order chi connectivity index (χ1) is 5.60. The van der Waals surface area contributed by atoms with Gasteiger partial charge in [0.15, 0.2) is 0 Å². The van der Waals surface area contributed by atoms with E-state index < -0.39 is 0 Å². The van der Waals surface area contributed by atoms with Crippen LogP contribution in [0.1, 0.15) is 26.5 Å². The number of hydrogen-bond acceptors (Lipinski definition) is 2. The van der Waals surface area contributed by atoms with Crippen LogP contribution in [0.25, 0.3) is 0 Å². The molecule has 68 valence electrons. The summed E-state index contributed by atoms with van der Waals surface area (Å²) in [6.45, 7) is 7.02. The van der Waals surface area contributed by atoms with E-state index in [0.29, 0.717) is 0 Å². The molecule has 0 aromatic carbocycles. The van der Waals surface area contributed by atoms with Gasteiger partial charge in [0.05, 0.1) is 12.3 Å². The molecule has 1 rings (SSSR count). The summed E-state index contributed by atoms with van der Waals surface area (Å²) in [5.41, 5.74) is 0.729. The highest BCUT2D eigenvalue weighted by atomic mass is 16.3. The van der Waals surface area contributed by atoms with E-state index in [1.165, 1.54) is 0 Å². The van der Waals surface area contributed by atoms with E-state index in [9.17, 15) is 0 Å². The molecule has 0 fully saturated rings. The molecule has 1 aromatic heterocycles. The highest BCUT2D eigenvalue weighted by Crippen LogP contribution is 2.19. The van der Waals surface area contributed by atoms with Crippen molar-refractivity contribution in [2.24, 2.45) is 0 Å². The third kappa shape index (κ3) is 1.67. The molecule has 0 aliphatic carbocycles. The Morgan fingerprint density at radius 1 is 1.58 bits per heavy atom. The fraction of sp³-hybridized carbons (Fsp3) is 0.667. The van der Waals surface area contributed by atoms with Crippen molar-refractivity contribution in [3.05, 3.63) is 18.0 Å². The lowest BCUT2D eigenvalue weighted by Crippen LogP contribution is -2.23. The zero-order chi connectivity index (χ0) is 9.19. The van der Waals surface area contributed by atoms with Gasteiger partial charge in [0.2, 0.25) is 0 Å². The third-order valence-electron chi connectivity index (χ3n) is 2.05. The Labute approximate surface area is 73.0 Å². The molecule has 0 bridgehead atoms. The van der Waals surface area contributed by atoms with Crippen LogP contribution in [0, 0.1) is 0 Å². The fourth-order valence-electron chi connectivity index (χ4n) is 0.980. The highest BCUT2D eigenvalue weighted by molar-refractivity contribution is 5.11. The topological polar surface area (TPSA) is 38.0 Å². The molecular weight excluding hydrogens is 152 g/mol. The van der Waals surface area contributed by atoms with Gasteiger partial charge in [-0.2, -0.15) is 5.10 Å². The summed E-state index contributed by atoms with van der Waals surface area (Å²) in [7, 11) is 0. The maximum Gasteiger partial charge on any atom is 0.0703 e. The van der Waals surface area contributed by atoms with Crippen LogP contribution in [0.4, 0.5) is 0 Å². The van der Waals surface area contributed by atoms with Crippen molar-refractivity contribution in [2.75, 3.05) is 6.61 Å². The maximum absolute atomic E-state index is 9.08. The number of aromatic nitrogens is 2. The van der Waals surface area contributed by atoms with E-state index in [1.807, 2.05) is 37.7 Å². The molecule has 0 spiro atoms. The van der Waals surface area contributed by atoms with Gasteiger partial charge in [-0.15, -0.1) is 0 Å². The van der Waals surface area contributed by atoms with E-state index >= 15 is 0 Å². The minimum Gasteiger partial charge on any atom is -0.395 e. The molecule has 3 heteroatoms. The smallest absolute Gasteiger partial charge is 0.0703 e. The SMILES string of the molecule is CCn1ccc(C(C)(C)CO)n1. The quantitative estimate of drug-likeness (QED) is 0.735. The van der Waals surface area contributed by atoms with Crippen molar-refractivity contribution < 1.29 is 5.11 Å². The van der Waals surface area contributed by atoms with Gasteiger partial charge >= 0.3 is 0 Å². The Morgan fingerprint density at radius 3 is 2.67 bits per heavy atom. The predicted octanol–water partition coefficient (Wildman–Crippen LogP) is 1.17. The Morgan fingerprint density at radius 2 is 2.25 bits per heavy atom. The van der Waals surface area contributed by atoms with Gasteiger partial charge in [-0.3, -0.25) is 4.68 Å². The van der Waals surface area contributed by atoms with E-state index in [-0.39, 0.29) is 12.0 Å². The second-order valence-corrected chi connectivity index (χ2v) is 3.60. The maximum atomic E-state index is 9.08. The van der Waals surface area contributed by atoms with Gasteiger partial charge in [-0.1, -0.05) is 13.8 Å². The third-order valence-corrected chi connectivity index (χ3v) is 2.05. The van der Waals surface area contributed by atoms with Gasteiger partial charge in [-0.05, 0) is 13.0 Å². The van der Waals surface area contributed by atoms with E-state index in [1.54, 1.807) is 0 Å². The Kier molecular flexibility index (Phi) is 2.52. The summed E-state index contributed by atoms with van der Waals surface area (Å²) in [5.74, 6) is 0. The second kappa shape index (κ2) is 3.27.